The first-order valence-electron chi connectivity index (χ1n) is 7.66. The predicted molar refractivity (Wildman–Crippen MR) is 86.6 cm³/mol. The minimum atomic E-state index is -0.285. The van der Waals surface area contributed by atoms with Gasteiger partial charge in [-0.05, 0) is 30.7 Å². The van der Waals surface area contributed by atoms with E-state index in [0.717, 1.165) is 35.4 Å². The second-order valence-electron chi connectivity index (χ2n) is 5.68. The smallest absolute Gasteiger partial charge is 0.159 e. The molecule has 0 unspecified atom stereocenters. The van der Waals surface area contributed by atoms with E-state index in [9.17, 15) is 4.39 Å². The van der Waals surface area contributed by atoms with Crippen LogP contribution < -0.4 is 4.90 Å². The molecule has 0 saturated carbocycles. The van der Waals surface area contributed by atoms with Crippen LogP contribution in [0.25, 0.3) is 16.6 Å². The van der Waals surface area contributed by atoms with E-state index in [1.807, 2.05) is 19.1 Å². The fraction of sp³-hybridized carbons (Fsp3) is 0.294. The first-order valence-corrected chi connectivity index (χ1v) is 7.66. The summed E-state index contributed by atoms with van der Waals surface area (Å²) in [5.41, 5.74) is 2.12. The van der Waals surface area contributed by atoms with Crippen LogP contribution in [-0.4, -0.2) is 41.1 Å². The van der Waals surface area contributed by atoms with Crippen molar-refractivity contribution in [2.75, 3.05) is 31.2 Å². The van der Waals surface area contributed by atoms with Crippen LogP contribution in [0.1, 0.15) is 5.56 Å². The van der Waals surface area contributed by atoms with Crippen molar-refractivity contribution in [3.05, 3.63) is 48.0 Å². The van der Waals surface area contributed by atoms with Gasteiger partial charge in [-0.15, -0.1) is 5.10 Å². The van der Waals surface area contributed by atoms with E-state index < -0.39 is 0 Å². The van der Waals surface area contributed by atoms with E-state index in [2.05, 4.69) is 15.0 Å². The third-order valence-corrected chi connectivity index (χ3v) is 4.11. The minimum absolute atomic E-state index is 0.285. The fourth-order valence-corrected chi connectivity index (χ4v) is 2.92. The van der Waals surface area contributed by atoms with Gasteiger partial charge in [0.2, 0.25) is 0 Å². The summed E-state index contributed by atoms with van der Waals surface area (Å²) < 4.78 is 21.4. The molecule has 1 saturated heterocycles. The molecule has 0 bridgehead atoms. The van der Waals surface area contributed by atoms with E-state index in [4.69, 9.17) is 4.74 Å². The molecule has 0 aliphatic carbocycles. The Labute approximate surface area is 133 Å². The van der Waals surface area contributed by atoms with Crippen molar-refractivity contribution in [1.82, 2.24) is 14.8 Å². The Bertz CT molecular complexity index is 855. The number of pyridine rings is 1. The number of morpholine rings is 1. The Morgan fingerprint density at radius 3 is 2.78 bits per heavy atom. The minimum Gasteiger partial charge on any atom is -0.378 e. The van der Waals surface area contributed by atoms with E-state index in [1.165, 1.54) is 6.07 Å². The van der Waals surface area contributed by atoms with Gasteiger partial charge in [-0.1, -0.05) is 6.07 Å². The number of hydrogen-bond acceptors (Lipinski definition) is 4. The third-order valence-electron chi connectivity index (χ3n) is 4.11. The van der Waals surface area contributed by atoms with Crippen LogP contribution in [0.3, 0.4) is 0 Å². The van der Waals surface area contributed by atoms with Crippen molar-refractivity contribution in [3.8, 4) is 5.69 Å². The van der Waals surface area contributed by atoms with E-state index in [-0.39, 0.29) is 5.82 Å². The van der Waals surface area contributed by atoms with E-state index in [0.29, 0.717) is 18.9 Å². The molecule has 0 radical (unpaired) electrons. The molecule has 5 nitrogen and oxygen atoms in total. The van der Waals surface area contributed by atoms with Crippen molar-refractivity contribution >= 4 is 16.7 Å². The standard InChI is InChI=1S/C17H17FN4O/c1-12-2-3-15(14(18)10-12)22-16-11-19-5-4-13(16)17(20-22)21-6-8-23-9-7-21/h2-5,10-11H,6-9H2,1H3. The van der Waals surface area contributed by atoms with Crippen LogP contribution in [0.4, 0.5) is 10.2 Å². The van der Waals surface area contributed by atoms with Gasteiger partial charge in [-0.3, -0.25) is 4.98 Å². The molecule has 118 valence electrons. The Kier molecular flexibility index (Phi) is 3.46. The number of fused-ring (bicyclic) bond motifs is 1. The molecular formula is C17H17FN4O. The number of benzene rings is 1. The fourth-order valence-electron chi connectivity index (χ4n) is 2.92. The average molecular weight is 312 g/mol. The summed E-state index contributed by atoms with van der Waals surface area (Å²) in [6.45, 7) is 4.79. The molecule has 3 heterocycles. The molecular weight excluding hydrogens is 295 g/mol. The van der Waals surface area contributed by atoms with Gasteiger partial charge in [0.25, 0.3) is 0 Å². The molecule has 6 heteroatoms. The molecule has 0 amide bonds. The van der Waals surface area contributed by atoms with Gasteiger partial charge >= 0.3 is 0 Å². The Balaban J connectivity index is 1.90. The zero-order chi connectivity index (χ0) is 15.8. The molecule has 2 aromatic heterocycles. The number of ether oxygens (including phenoxy) is 1. The van der Waals surface area contributed by atoms with Gasteiger partial charge in [-0.25, -0.2) is 9.07 Å². The SMILES string of the molecule is Cc1ccc(-n2nc(N3CCOCC3)c3ccncc32)c(F)c1. The lowest BCUT2D eigenvalue weighted by Gasteiger charge is -2.26. The summed E-state index contributed by atoms with van der Waals surface area (Å²) in [4.78, 5) is 6.35. The van der Waals surface area contributed by atoms with Crippen molar-refractivity contribution in [3.63, 3.8) is 0 Å². The van der Waals surface area contributed by atoms with Gasteiger partial charge in [0, 0.05) is 24.7 Å². The number of aryl methyl sites for hydroxylation is 1. The van der Waals surface area contributed by atoms with Gasteiger partial charge < -0.3 is 9.64 Å². The van der Waals surface area contributed by atoms with Crippen molar-refractivity contribution in [2.45, 2.75) is 6.92 Å². The zero-order valence-electron chi connectivity index (χ0n) is 12.9. The van der Waals surface area contributed by atoms with Gasteiger partial charge in [-0.2, -0.15) is 0 Å². The van der Waals surface area contributed by atoms with Crippen LogP contribution in [0.15, 0.2) is 36.7 Å². The summed E-state index contributed by atoms with van der Waals surface area (Å²) in [6.07, 6.45) is 3.47. The maximum atomic E-state index is 14.4. The maximum Gasteiger partial charge on any atom is 0.159 e. The second kappa shape index (κ2) is 5.62. The highest BCUT2D eigenvalue weighted by atomic mass is 19.1. The summed E-state index contributed by atoms with van der Waals surface area (Å²) in [5.74, 6) is 0.567. The zero-order valence-corrected chi connectivity index (χ0v) is 12.9. The van der Waals surface area contributed by atoms with Crippen LogP contribution in [-0.2, 0) is 4.74 Å². The Morgan fingerprint density at radius 1 is 1.17 bits per heavy atom. The van der Waals surface area contributed by atoms with Crippen LogP contribution >= 0.6 is 0 Å². The molecule has 0 N–H and O–H groups in total. The Morgan fingerprint density at radius 2 is 2.00 bits per heavy atom. The molecule has 0 spiro atoms. The summed E-state index contributed by atoms with van der Waals surface area (Å²) in [7, 11) is 0. The molecule has 23 heavy (non-hydrogen) atoms. The monoisotopic (exact) mass is 312 g/mol. The molecule has 4 rings (SSSR count). The van der Waals surface area contributed by atoms with Crippen LogP contribution in [0.5, 0.6) is 0 Å². The molecule has 1 aliphatic heterocycles. The largest absolute Gasteiger partial charge is 0.378 e. The van der Waals surface area contributed by atoms with Crippen LogP contribution in [0, 0.1) is 12.7 Å². The Hall–Kier alpha value is -2.47. The first-order chi connectivity index (χ1) is 11.2. The number of nitrogens with zero attached hydrogens (tertiary/aromatic N) is 4. The number of rotatable bonds is 2. The lowest BCUT2D eigenvalue weighted by molar-refractivity contribution is 0.122. The second-order valence-corrected chi connectivity index (χ2v) is 5.68. The predicted octanol–water partition coefficient (Wildman–Crippen LogP) is 2.70. The lowest BCUT2D eigenvalue weighted by atomic mass is 10.2. The number of aromatic nitrogens is 3. The van der Waals surface area contributed by atoms with E-state index in [1.54, 1.807) is 23.1 Å². The first kappa shape index (κ1) is 14.1. The summed E-state index contributed by atoms with van der Waals surface area (Å²) >= 11 is 0. The number of halogens is 1. The van der Waals surface area contributed by atoms with Gasteiger partial charge in [0.1, 0.15) is 11.5 Å². The third kappa shape index (κ3) is 2.45. The maximum absolute atomic E-state index is 14.4. The summed E-state index contributed by atoms with van der Waals surface area (Å²) in [6, 6.07) is 7.09. The molecule has 1 aliphatic rings. The van der Waals surface area contributed by atoms with Gasteiger partial charge in [0.15, 0.2) is 5.82 Å². The highest BCUT2D eigenvalue weighted by molar-refractivity contribution is 5.91. The van der Waals surface area contributed by atoms with Crippen LogP contribution in [0.2, 0.25) is 0 Å². The van der Waals surface area contributed by atoms with Gasteiger partial charge in [0.05, 0.1) is 24.9 Å². The van der Waals surface area contributed by atoms with Crippen molar-refractivity contribution < 1.29 is 9.13 Å². The number of hydrogen-bond donors (Lipinski definition) is 0. The van der Waals surface area contributed by atoms with Crippen molar-refractivity contribution in [2.24, 2.45) is 0 Å². The summed E-state index contributed by atoms with van der Waals surface area (Å²) in [5, 5.41) is 5.65. The van der Waals surface area contributed by atoms with E-state index >= 15 is 0 Å². The van der Waals surface area contributed by atoms with Crippen molar-refractivity contribution in [1.29, 1.82) is 0 Å². The topological polar surface area (TPSA) is 43.2 Å². The quantitative estimate of drug-likeness (QED) is 0.730. The lowest BCUT2D eigenvalue weighted by Crippen LogP contribution is -2.36. The normalized spacial score (nSPS) is 15.3. The molecule has 1 fully saturated rings. The molecule has 3 aromatic rings. The number of anilines is 1. The molecule has 0 atom stereocenters. The highest BCUT2D eigenvalue weighted by Crippen LogP contribution is 2.29. The average Bonchev–Trinajstić information content (AvgIpc) is 2.95. The highest BCUT2D eigenvalue weighted by Gasteiger charge is 2.20. The molecule has 1 aromatic carbocycles.